The van der Waals surface area contributed by atoms with Gasteiger partial charge in [-0.05, 0) is 31.4 Å². The molecule has 0 saturated heterocycles. The molecule has 6 nitrogen and oxygen atoms in total. The van der Waals surface area contributed by atoms with Crippen LogP contribution in [-0.2, 0) is 6.54 Å². The number of hydrogen-bond donors (Lipinski definition) is 3. The Bertz CT molecular complexity index is 636. The van der Waals surface area contributed by atoms with Gasteiger partial charge in [-0.25, -0.2) is 4.98 Å². The van der Waals surface area contributed by atoms with Crippen molar-refractivity contribution in [3.8, 4) is 0 Å². The zero-order valence-corrected chi connectivity index (χ0v) is 12.1. The SMILES string of the molecule is Cc1cccnc1CNc1cc(C2CC(N)C2)nc(N)n1. The van der Waals surface area contributed by atoms with Crippen molar-refractivity contribution in [2.45, 2.75) is 38.3 Å². The Morgan fingerprint density at radius 1 is 1.33 bits per heavy atom. The third kappa shape index (κ3) is 3.11. The first-order chi connectivity index (χ1) is 10.1. The third-order valence-electron chi connectivity index (χ3n) is 3.91. The van der Waals surface area contributed by atoms with E-state index in [1.165, 1.54) is 0 Å². The van der Waals surface area contributed by atoms with Gasteiger partial charge in [0, 0.05) is 24.2 Å². The number of nitrogens with zero attached hydrogens (tertiary/aromatic N) is 3. The molecule has 2 heterocycles. The summed E-state index contributed by atoms with van der Waals surface area (Å²) in [6.45, 7) is 2.66. The lowest BCUT2D eigenvalue weighted by Crippen LogP contribution is -2.35. The summed E-state index contributed by atoms with van der Waals surface area (Å²) in [4.78, 5) is 12.9. The number of pyridine rings is 1. The average molecular weight is 284 g/mol. The Balaban J connectivity index is 1.72. The van der Waals surface area contributed by atoms with Gasteiger partial charge in [0.05, 0.1) is 17.9 Å². The molecule has 0 unspecified atom stereocenters. The number of anilines is 2. The normalized spacial score (nSPS) is 20.9. The molecule has 110 valence electrons. The molecule has 3 rings (SSSR count). The molecule has 0 aromatic carbocycles. The number of nitrogens with two attached hydrogens (primary N) is 2. The van der Waals surface area contributed by atoms with E-state index in [2.05, 4.69) is 20.3 Å². The van der Waals surface area contributed by atoms with Crippen LogP contribution in [0.3, 0.4) is 0 Å². The molecule has 2 aromatic rings. The van der Waals surface area contributed by atoms with Crippen LogP contribution in [0, 0.1) is 6.92 Å². The Hall–Kier alpha value is -2.21. The summed E-state index contributed by atoms with van der Waals surface area (Å²) in [6, 6.07) is 6.23. The number of nitrogens with one attached hydrogen (secondary N) is 1. The summed E-state index contributed by atoms with van der Waals surface area (Å²) in [7, 11) is 0. The van der Waals surface area contributed by atoms with Gasteiger partial charge in [0.15, 0.2) is 0 Å². The highest BCUT2D eigenvalue weighted by atomic mass is 15.1. The van der Waals surface area contributed by atoms with Crippen LogP contribution in [-0.4, -0.2) is 21.0 Å². The van der Waals surface area contributed by atoms with Crippen LogP contribution in [0.15, 0.2) is 24.4 Å². The molecule has 0 amide bonds. The average Bonchev–Trinajstić information content (AvgIpc) is 2.42. The van der Waals surface area contributed by atoms with Crippen molar-refractivity contribution in [2.75, 3.05) is 11.1 Å². The lowest BCUT2D eigenvalue weighted by Gasteiger charge is -2.32. The Morgan fingerprint density at radius 2 is 2.14 bits per heavy atom. The zero-order valence-electron chi connectivity index (χ0n) is 12.1. The maximum absolute atomic E-state index is 5.84. The number of aryl methyl sites for hydroxylation is 1. The van der Waals surface area contributed by atoms with Gasteiger partial charge in [-0.3, -0.25) is 4.98 Å². The predicted molar refractivity (Wildman–Crippen MR) is 82.7 cm³/mol. The molecular weight excluding hydrogens is 264 g/mol. The lowest BCUT2D eigenvalue weighted by atomic mass is 9.78. The molecule has 0 atom stereocenters. The van der Waals surface area contributed by atoms with Gasteiger partial charge < -0.3 is 16.8 Å². The molecule has 6 heteroatoms. The Morgan fingerprint density at radius 3 is 2.86 bits per heavy atom. The first kappa shape index (κ1) is 13.8. The van der Waals surface area contributed by atoms with Gasteiger partial charge in [0.1, 0.15) is 5.82 Å². The molecule has 1 fully saturated rings. The van der Waals surface area contributed by atoms with E-state index in [1.807, 2.05) is 25.1 Å². The van der Waals surface area contributed by atoms with Crippen LogP contribution in [0.2, 0.25) is 0 Å². The van der Waals surface area contributed by atoms with Crippen molar-refractivity contribution >= 4 is 11.8 Å². The molecule has 0 bridgehead atoms. The summed E-state index contributed by atoms with van der Waals surface area (Å²) >= 11 is 0. The predicted octanol–water partition coefficient (Wildman–Crippen LogP) is 1.58. The van der Waals surface area contributed by atoms with Crippen molar-refractivity contribution in [1.82, 2.24) is 15.0 Å². The standard InChI is InChI=1S/C15H20N6/c1-9-3-2-4-18-13(9)8-19-14-7-12(20-15(17)21-14)10-5-11(16)6-10/h2-4,7,10-11H,5-6,8,16H2,1H3,(H3,17,19,20,21). The molecular formula is C15H20N6. The minimum Gasteiger partial charge on any atom is -0.368 e. The fraction of sp³-hybridized carbons (Fsp3) is 0.400. The van der Waals surface area contributed by atoms with Gasteiger partial charge in [-0.2, -0.15) is 4.98 Å². The summed E-state index contributed by atoms with van der Waals surface area (Å²) in [6.07, 6.45) is 3.73. The minimum absolute atomic E-state index is 0.291. The van der Waals surface area contributed by atoms with Crippen LogP contribution in [0.5, 0.6) is 0 Å². The second kappa shape index (κ2) is 5.65. The van der Waals surface area contributed by atoms with Crippen LogP contribution < -0.4 is 16.8 Å². The van der Waals surface area contributed by atoms with Crippen molar-refractivity contribution in [3.05, 3.63) is 41.3 Å². The quantitative estimate of drug-likeness (QED) is 0.787. The summed E-state index contributed by atoms with van der Waals surface area (Å²) in [5, 5.41) is 3.27. The highest BCUT2D eigenvalue weighted by molar-refractivity contribution is 5.42. The lowest BCUT2D eigenvalue weighted by molar-refractivity contribution is 0.345. The van der Waals surface area contributed by atoms with E-state index in [0.717, 1.165) is 35.6 Å². The molecule has 0 spiro atoms. The van der Waals surface area contributed by atoms with E-state index in [-0.39, 0.29) is 0 Å². The first-order valence-electron chi connectivity index (χ1n) is 7.16. The van der Waals surface area contributed by atoms with Crippen molar-refractivity contribution in [1.29, 1.82) is 0 Å². The monoisotopic (exact) mass is 284 g/mol. The molecule has 1 aliphatic rings. The third-order valence-corrected chi connectivity index (χ3v) is 3.91. The molecule has 1 saturated carbocycles. The molecule has 21 heavy (non-hydrogen) atoms. The first-order valence-corrected chi connectivity index (χ1v) is 7.16. The second-order valence-corrected chi connectivity index (χ2v) is 5.59. The largest absolute Gasteiger partial charge is 0.368 e. The van der Waals surface area contributed by atoms with Crippen LogP contribution >= 0.6 is 0 Å². The second-order valence-electron chi connectivity index (χ2n) is 5.59. The molecule has 0 aliphatic heterocycles. The maximum Gasteiger partial charge on any atom is 0.222 e. The van der Waals surface area contributed by atoms with Crippen molar-refractivity contribution < 1.29 is 0 Å². The van der Waals surface area contributed by atoms with Crippen molar-refractivity contribution in [2.24, 2.45) is 5.73 Å². The van der Waals surface area contributed by atoms with Crippen molar-refractivity contribution in [3.63, 3.8) is 0 Å². The summed E-state index contributed by atoms with van der Waals surface area (Å²) in [5.74, 6) is 1.44. The number of aromatic nitrogens is 3. The maximum atomic E-state index is 5.84. The molecule has 0 radical (unpaired) electrons. The molecule has 2 aromatic heterocycles. The smallest absolute Gasteiger partial charge is 0.222 e. The number of rotatable bonds is 4. The Kier molecular flexibility index (Phi) is 3.70. The van der Waals surface area contributed by atoms with E-state index < -0.39 is 0 Å². The minimum atomic E-state index is 0.291. The van der Waals surface area contributed by atoms with Crippen LogP contribution in [0.4, 0.5) is 11.8 Å². The fourth-order valence-corrected chi connectivity index (χ4v) is 2.57. The summed E-state index contributed by atoms with van der Waals surface area (Å²) in [5.41, 5.74) is 14.8. The fourth-order valence-electron chi connectivity index (χ4n) is 2.57. The van der Waals surface area contributed by atoms with Gasteiger partial charge in [0.2, 0.25) is 5.95 Å². The molecule has 5 N–H and O–H groups in total. The topological polar surface area (TPSA) is 103 Å². The highest BCUT2D eigenvalue weighted by Crippen LogP contribution is 2.35. The van der Waals surface area contributed by atoms with E-state index in [4.69, 9.17) is 11.5 Å². The van der Waals surface area contributed by atoms with E-state index in [9.17, 15) is 0 Å². The van der Waals surface area contributed by atoms with E-state index in [1.54, 1.807) is 6.20 Å². The number of nitrogen functional groups attached to an aromatic ring is 1. The summed E-state index contributed by atoms with van der Waals surface area (Å²) < 4.78 is 0. The number of hydrogen-bond acceptors (Lipinski definition) is 6. The van der Waals surface area contributed by atoms with Crippen LogP contribution in [0.1, 0.15) is 35.7 Å². The van der Waals surface area contributed by atoms with Gasteiger partial charge in [-0.1, -0.05) is 6.07 Å². The van der Waals surface area contributed by atoms with E-state index in [0.29, 0.717) is 24.5 Å². The van der Waals surface area contributed by atoms with Gasteiger partial charge in [-0.15, -0.1) is 0 Å². The zero-order chi connectivity index (χ0) is 14.8. The highest BCUT2D eigenvalue weighted by Gasteiger charge is 2.29. The van der Waals surface area contributed by atoms with Gasteiger partial charge in [0.25, 0.3) is 0 Å². The van der Waals surface area contributed by atoms with Crippen LogP contribution in [0.25, 0.3) is 0 Å². The Labute approximate surface area is 124 Å². The van der Waals surface area contributed by atoms with E-state index >= 15 is 0 Å². The van der Waals surface area contributed by atoms with Gasteiger partial charge >= 0.3 is 0 Å². The molecule has 1 aliphatic carbocycles.